The molecular formula is C24H17Cl2NO2S. The van der Waals surface area contributed by atoms with Crippen LogP contribution in [0.4, 0.5) is 5.69 Å². The van der Waals surface area contributed by atoms with Crippen LogP contribution in [0.3, 0.4) is 0 Å². The Hall–Kier alpha value is -2.53. The van der Waals surface area contributed by atoms with E-state index in [1.54, 1.807) is 36.4 Å². The number of carbonyl (C=O) groups excluding carboxylic acids is 2. The maximum Gasteiger partial charge on any atom is 0.272 e. The summed E-state index contributed by atoms with van der Waals surface area (Å²) in [5.41, 5.74) is 3.79. The molecule has 1 aliphatic heterocycles. The van der Waals surface area contributed by atoms with Crippen molar-refractivity contribution in [2.45, 2.75) is 18.7 Å². The number of hydrogen-bond acceptors (Lipinski definition) is 3. The van der Waals surface area contributed by atoms with E-state index in [4.69, 9.17) is 23.2 Å². The van der Waals surface area contributed by atoms with E-state index >= 15 is 0 Å². The summed E-state index contributed by atoms with van der Waals surface area (Å²) in [4.78, 5) is 29.2. The van der Waals surface area contributed by atoms with Crippen LogP contribution in [-0.4, -0.2) is 11.8 Å². The second-order valence-electron chi connectivity index (χ2n) is 6.98. The van der Waals surface area contributed by atoms with Gasteiger partial charge in [0, 0.05) is 14.9 Å². The zero-order chi connectivity index (χ0) is 21.4. The number of hydrogen-bond donors (Lipinski definition) is 0. The van der Waals surface area contributed by atoms with Gasteiger partial charge in [0.25, 0.3) is 11.8 Å². The number of benzene rings is 3. The minimum absolute atomic E-state index is 0.345. The first-order chi connectivity index (χ1) is 14.3. The van der Waals surface area contributed by atoms with Crippen molar-refractivity contribution in [3.8, 4) is 0 Å². The van der Waals surface area contributed by atoms with Gasteiger partial charge in [0.1, 0.15) is 0 Å². The molecule has 3 aromatic carbocycles. The van der Waals surface area contributed by atoms with Gasteiger partial charge in [0.2, 0.25) is 0 Å². The van der Waals surface area contributed by atoms with Crippen LogP contribution >= 0.6 is 35.0 Å². The van der Waals surface area contributed by atoms with Crippen LogP contribution in [0, 0.1) is 13.8 Å². The van der Waals surface area contributed by atoms with E-state index in [1.165, 1.54) is 16.7 Å². The average Bonchev–Trinajstić information content (AvgIpc) is 2.96. The summed E-state index contributed by atoms with van der Waals surface area (Å²) < 4.78 is 0. The number of aryl methyl sites for hydroxylation is 2. The summed E-state index contributed by atoms with van der Waals surface area (Å²) in [5, 5.41) is 1.15. The number of carbonyl (C=O) groups is 2. The lowest BCUT2D eigenvalue weighted by Gasteiger charge is -2.15. The van der Waals surface area contributed by atoms with Crippen molar-refractivity contribution >= 4 is 58.0 Å². The molecule has 0 saturated heterocycles. The van der Waals surface area contributed by atoms with E-state index in [0.29, 0.717) is 26.2 Å². The molecule has 4 rings (SSSR count). The molecule has 0 saturated carbocycles. The molecule has 6 heteroatoms. The number of nitrogens with zero attached hydrogens (tertiary/aromatic N) is 1. The Morgan fingerprint density at radius 1 is 0.733 bits per heavy atom. The highest BCUT2D eigenvalue weighted by Gasteiger charge is 2.40. The van der Waals surface area contributed by atoms with Gasteiger partial charge in [-0.1, -0.05) is 53.2 Å². The summed E-state index contributed by atoms with van der Waals surface area (Å²) in [7, 11) is 0. The fraction of sp³-hybridized carbons (Fsp3) is 0.0833. The minimum Gasteiger partial charge on any atom is -0.268 e. The predicted octanol–water partition coefficient (Wildman–Crippen LogP) is 6.69. The molecule has 0 bridgehead atoms. The first kappa shape index (κ1) is 20.7. The van der Waals surface area contributed by atoms with E-state index in [2.05, 4.69) is 0 Å². The molecular weight excluding hydrogens is 437 g/mol. The summed E-state index contributed by atoms with van der Waals surface area (Å²) in [6, 6.07) is 19.7. The zero-order valence-electron chi connectivity index (χ0n) is 16.3. The van der Waals surface area contributed by atoms with Crippen molar-refractivity contribution in [3.05, 3.63) is 98.4 Å². The Balaban J connectivity index is 1.83. The molecule has 1 heterocycles. The topological polar surface area (TPSA) is 37.4 Å². The van der Waals surface area contributed by atoms with Gasteiger partial charge >= 0.3 is 0 Å². The van der Waals surface area contributed by atoms with Crippen molar-refractivity contribution in [1.29, 1.82) is 0 Å². The average molecular weight is 454 g/mol. The molecule has 1 aliphatic rings. The van der Waals surface area contributed by atoms with E-state index in [-0.39, 0.29) is 11.8 Å². The third kappa shape index (κ3) is 3.91. The summed E-state index contributed by atoms with van der Waals surface area (Å²) in [5.74, 6) is -0.697. The summed E-state index contributed by atoms with van der Waals surface area (Å²) >= 11 is 13.2. The molecule has 0 radical (unpaired) electrons. The van der Waals surface area contributed by atoms with Gasteiger partial charge < -0.3 is 0 Å². The smallest absolute Gasteiger partial charge is 0.268 e. The molecule has 2 amide bonds. The molecule has 0 N–H and O–H groups in total. The Kier molecular flexibility index (Phi) is 5.74. The fourth-order valence-corrected chi connectivity index (χ4v) is 4.45. The highest BCUT2D eigenvalue weighted by atomic mass is 35.5. The van der Waals surface area contributed by atoms with Gasteiger partial charge in [0.05, 0.1) is 16.2 Å². The Bertz CT molecular complexity index is 1180. The highest BCUT2D eigenvalue weighted by molar-refractivity contribution is 8.04. The molecule has 30 heavy (non-hydrogen) atoms. The molecule has 0 unspecified atom stereocenters. The second-order valence-corrected chi connectivity index (χ2v) is 8.94. The maximum atomic E-state index is 13.4. The lowest BCUT2D eigenvalue weighted by molar-refractivity contribution is -0.119. The molecule has 0 aromatic heterocycles. The van der Waals surface area contributed by atoms with Gasteiger partial charge in [-0.3, -0.25) is 9.59 Å². The van der Waals surface area contributed by atoms with Crippen LogP contribution in [0.5, 0.6) is 0 Å². The molecule has 0 spiro atoms. The molecule has 0 aliphatic carbocycles. The molecule has 3 nitrogen and oxygen atoms in total. The fourth-order valence-electron chi connectivity index (χ4n) is 3.20. The zero-order valence-corrected chi connectivity index (χ0v) is 18.6. The standard InChI is InChI=1S/C24H17Cl2NO2S/c1-14-3-4-16(13-15(14)2)21-22(30-20-11-7-18(26)8-12-20)24(29)27(23(21)28)19-9-5-17(25)6-10-19/h3-13H,1-2H3. The molecule has 150 valence electrons. The summed E-state index contributed by atoms with van der Waals surface area (Å²) in [6.07, 6.45) is 0. The predicted molar refractivity (Wildman–Crippen MR) is 124 cm³/mol. The number of thioether (sulfide) groups is 1. The van der Waals surface area contributed by atoms with E-state index < -0.39 is 0 Å². The lowest BCUT2D eigenvalue weighted by Crippen LogP contribution is -2.31. The quantitative estimate of drug-likeness (QED) is 0.413. The van der Waals surface area contributed by atoms with Crippen molar-refractivity contribution < 1.29 is 9.59 Å². The Morgan fingerprint density at radius 2 is 1.33 bits per heavy atom. The van der Waals surface area contributed by atoms with Gasteiger partial charge in [0.15, 0.2) is 0 Å². The normalized spacial score (nSPS) is 14.1. The van der Waals surface area contributed by atoms with E-state index in [1.807, 2.05) is 44.2 Å². The van der Waals surface area contributed by atoms with Crippen molar-refractivity contribution in [2.75, 3.05) is 4.90 Å². The number of imide groups is 1. The molecule has 0 atom stereocenters. The number of halogens is 2. The van der Waals surface area contributed by atoms with Gasteiger partial charge in [-0.25, -0.2) is 4.90 Å². The number of rotatable bonds is 4. The monoisotopic (exact) mass is 453 g/mol. The van der Waals surface area contributed by atoms with Crippen molar-refractivity contribution in [1.82, 2.24) is 0 Å². The third-order valence-electron chi connectivity index (χ3n) is 4.96. The SMILES string of the molecule is Cc1ccc(C2=C(Sc3ccc(Cl)cc3)C(=O)N(c3ccc(Cl)cc3)C2=O)cc1C. The van der Waals surface area contributed by atoms with Crippen LogP contribution in [0.2, 0.25) is 10.0 Å². The molecule has 3 aromatic rings. The van der Waals surface area contributed by atoms with Crippen LogP contribution in [0.25, 0.3) is 5.57 Å². The maximum absolute atomic E-state index is 13.4. The van der Waals surface area contributed by atoms with Crippen LogP contribution in [0.1, 0.15) is 16.7 Å². The second kappa shape index (κ2) is 8.31. The van der Waals surface area contributed by atoms with Crippen LogP contribution in [-0.2, 0) is 9.59 Å². The first-order valence-corrected chi connectivity index (χ1v) is 10.8. The van der Waals surface area contributed by atoms with Gasteiger partial charge in [-0.15, -0.1) is 0 Å². The lowest BCUT2D eigenvalue weighted by atomic mass is 10.0. The third-order valence-corrected chi connectivity index (χ3v) is 6.55. The molecule has 0 fully saturated rings. The van der Waals surface area contributed by atoms with Crippen molar-refractivity contribution in [3.63, 3.8) is 0 Å². The van der Waals surface area contributed by atoms with Crippen LogP contribution in [0.15, 0.2) is 76.5 Å². The highest BCUT2D eigenvalue weighted by Crippen LogP contribution is 2.42. The Labute approximate surface area is 189 Å². The largest absolute Gasteiger partial charge is 0.272 e. The Morgan fingerprint density at radius 3 is 1.93 bits per heavy atom. The van der Waals surface area contributed by atoms with E-state index in [9.17, 15) is 9.59 Å². The van der Waals surface area contributed by atoms with Gasteiger partial charge in [-0.2, -0.15) is 0 Å². The number of amides is 2. The number of anilines is 1. The first-order valence-electron chi connectivity index (χ1n) is 9.25. The van der Waals surface area contributed by atoms with E-state index in [0.717, 1.165) is 21.6 Å². The van der Waals surface area contributed by atoms with Crippen molar-refractivity contribution in [2.24, 2.45) is 0 Å². The van der Waals surface area contributed by atoms with Gasteiger partial charge in [-0.05, 0) is 79.1 Å². The minimum atomic E-state index is -0.351. The van der Waals surface area contributed by atoms with Crippen LogP contribution < -0.4 is 4.90 Å². The summed E-state index contributed by atoms with van der Waals surface area (Å²) in [6.45, 7) is 4.00.